The minimum Gasteiger partial charge on any atom is -0.384 e. The van der Waals surface area contributed by atoms with E-state index in [-0.39, 0.29) is 16.4 Å². The zero-order valence-corrected chi connectivity index (χ0v) is 9.86. The highest BCUT2D eigenvalue weighted by atomic mass is 32.2. The van der Waals surface area contributed by atoms with E-state index in [2.05, 4.69) is 14.7 Å². The van der Waals surface area contributed by atoms with Crippen molar-refractivity contribution in [3.63, 3.8) is 0 Å². The molecule has 3 N–H and O–H groups in total. The monoisotopic (exact) mass is 268 g/mol. The largest absolute Gasteiger partial charge is 0.384 e. The van der Waals surface area contributed by atoms with E-state index >= 15 is 0 Å². The van der Waals surface area contributed by atoms with Crippen molar-refractivity contribution in [2.24, 2.45) is 0 Å². The van der Waals surface area contributed by atoms with Gasteiger partial charge in [0.15, 0.2) is 0 Å². The van der Waals surface area contributed by atoms with E-state index < -0.39 is 16.0 Å². The third kappa shape index (κ3) is 2.72. The maximum Gasteiger partial charge on any atom is 0.263 e. The number of nitrogens with zero attached hydrogens (tertiary/aromatic N) is 2. The molecule has 94 valence electrons. The van der Waals surface area contributed by atoms with Crippen molar-refractivity contribution < 1.29 is 12.8 Å². The van der Waals surface area contributed by atoms with Crippen LogP contribution in [0.4, 0.5) is 15.9 Å². The van der Waals surface area contributed by atoms with Gasteiger partial charge in [0.25, 0.3) is 10.0 Å². The number of pyridine rings is 2. The molecule has 0 aliphatic heterocycles. The molecule has 0 radical (unpaired) electrons. The second-order valence-electron chi connectivity index (χ2n) is 3.39. The highest BCUT2D eigenvalue weighted by molar-refractivity contribution is 7.92. The second kappa shape index (κ2) is 4.57. The van der Waals surface area contributed by atoms with Crippen LogP contribution in [0, 0.1) is 5.95 Å². The zero-order valence-electron chi connectivity index (χ0n) is 9.04. The van der Waals surface area contributed by atoms with Crippen LogP contribution in [0.15, 0.2) is 41.6 Å². The van der Waals surface area contributed by atoms with Gasteiger partial charge in [0.2, 0.25) is 5.95 Å². The van der Waals surface area contributed by atoms with Gasteiger partial charge in [-0.3, -0.25) is 4.72 Å². The Morgan fingerprint density at radius 2 is 1.89 bits per heavy atom. The molecule has 2 rings (SSSR count). The van der Waals surface area contributed by atoms with Crippen LogP contribution in [0.2, 0.25) is 0 Å². The zero-order chi connectivity index (χ0) is 13.2. The van der Waals surface area contributed by atoms with Gasteiger partial charge in [0, 0.05) is 6.20 Å². The lowest BCUT2D eigenvalue weighted by molar-refractivity contribution is 0.583. The van der Waals surface area contributed by atoms with E-state index in [4.69, 9.17) is 5.73 Å². The molecule has 0 saturated carbocycles. The summed E-state index contributed by atoms with van der Waals surface area (Å²) in [5.74, 6) is -0.468. The Hall–Kier alpha value is -2.22. The number of sulfonamides is 1. The maximum atomic E-state index is 12.6. The highest BCUT2D eigenvalue weighted by Crippen LogP contribution is 2.15. The van der Waals surface area contributed by atoms with Crippen LogP contribution >= 0.6 is 0 Å². The molecule has 0 fully saturated rings. The maximum absolute atomic E-state index is 12.6. The Morgan fingerprint density at radius 1 is 1.11 bits per heavy atom. The van der Waals surface area contributed by atoms with E-state index in [1.54, 1.807) is 0 Å². The van der Waals surface area contributed by atoms with Crippen molar-refractivity contribution >= 4 is 21.5 Å². The summed E-state index contributed by atoms with van der Waals surface area (Å²) in [6, 6.07) is 5.02. The summed E-state index contributed by atoms with van der Waals surface area (Å²) in [6.45, 7) is 0. The van der Waals surface area contributed by atoms with Gasteiger partial charge in [-0.1, -0.05) is 0 Å². The predicted octanol–water partition coefficient (Wildman–Crippen LogP) is 0.999. The van der Waals surface area contributed by atoms with Crippen LogP contribution in [0.1, 0.15) is 0 Å². The first-order chi connectivity index (χ1) is 8.47. The van der Waals surface area contributed by atoms with Crippen LogP contribution in [-0.2, 0) is 10.0 Å². The van der Waals surface area contributed by atoms with Crippen LogP contribution in [0.25, 0.3) is 0 Å². The third-order valence-electron chi connectivity index (χ3n) is 2.05. The average Bonchev–Trinajstić information content (AvgIpc) is 2.32. The Labute approximate surface area is 103 Å². The van der Waals surface area contributed by atoms with E-state index in [1.165, 1.54) is 18.2 Å². The summed E-state index contributed by atoms with van der Waals surface area (Å²) < 4.78 is 38.6. The lowest BCUT2D eigenvalue weighted by Gasteiger charge is -2.07. The first-order valence-electron chi connectivity index (χ1n) is 4.83. The van der Waals surface area contributed by atoms with E-state index in [0.29, 0.717) is 0 Å². The fourth-order valence-electron chi connectivity index (χ4n) is 1.20. The molecule has 0 unspecified atom stereocenters. The lowest BCUT2D eigenvalue weighted by Crippen LogP contribution is -2.13. The topological polar surface area (TPSA) is 98.0 Å². The molecule has 0 aliphatic rings. The highest BCUT2D eigenvalue weighted by Gasteiger charge is 2.14. The molecule has 8 heteroatoms. The van der Waals surface area contributed by atoms with Gasteiger partial charge in [-0.15, -0.1) is 0 Å². The number of halogens is 1. The van der Waals surface area contributed by atoms with Gasteiger partial charge in [-0.25, -0.2) is 18.4 Å². The van der Waals surface area contributed by atoms with E-state index in [0.717, 1.165) is 18.5 Å². The number of anilines is 2. The molecular formula is C10H9FN4O2S. The molecule has 2 aromatic rings. The van der Waals surface area contributed by atoms with Crippen LogP contribution < -0.4 is 10.5 Å². The molecule has 2 aromatic heterocycles. The number of hydrogen-bond acceptors (Lipinski definition) is 5. The van der Waals surface area contributed by atoms with Gasteiger partial charge < -0.3 is 5.73 Å². The van der Waals surface area contributed by atoms with Crippen LogP contribution in [0.5, 0.6) is 0 Å². The first kappa shape index (κ1) is 12.2. The summed E-state index contributed by atoms with van der Waals surface area (Å²) in [5, 5.41) is 0. The molecule has 2 heterocycles. The number of hydrogen-bond donors (Lipinski definition) is 2. The van der Waals surface area contributed by atoms with Gasteiger partial charge in [-0.2, -0.15) is 4.39 Å². The number of nitrogen functional groups attached to an aromatic ring is 1. The molecular weight excluding hydrogens is 259 g/mol. The standard InChI is InChI=1S/C10H9FN4O2S/c11-9-3-1-7(5-13-9)15-18(16,17)8-2-4-10(12)14-6-8/h1-6,15H,(H2,12,14). The molecule has 0 bridgehead atoms. The Bertz CT molecular complexity index is 641. The number of aromatic nitrogens is 2. The molecule has 6 nitrogen and oxygen atoms in total. The summed E-state index contributed by atoms with van der Waals surface area (Å²) in [5.41, 5.74) is 5.52. The van der Waals surface area contributed by atoms with Crippen LogP contribution in [-0.4, -0.2) is 18.4 Å². The summed E-state index contributed by atoms with van der Waals surface area (Å²) >= 11 is 0. The first-order valence-corrected chi connectivity index (χ1v) is 6.31. The van der Waals surface area contributed by atoms with Crippen molar-refractivity contribution in [1.29, 1.82) is 0 Å². The Morgan fingerprint density at radius 3 is 2.44 bits per heavy atom. The van der Waals surface area contributed by atoms with Crippen molar-refractivity contribution in [3.05, 3.63) is 42.6 Å². The van der Waals surface area contributed by atoms with Gasteiger partial charge >= 0.3 is 0 Å². The fourth-order valence-corrected chi connectivity index (χ4v) is 2.19. The van der Waals surface area contributed by atoms with Gasteiger partial charge in [-0.05, 0) is 24.3 Å². The van der Waals surface area contributed by atoms with E-state index in [9.17, 15) is 12.8 Å². The molecule has 0 amide bonds. The molecule has 18 heavy (non-hydrogen) atoms. The van der Waals surface area contributed by atoms with Crippen molar-refractivity contribution in [1.82, 2.24) is 9.97 Å². The lowest BCUT2D eigenvalue weighted by atomic mass is 10.4. The molecule has 0 spiro atoms. The third-order valence-corrected chi connectivity index (χ3v) is 3.42. The molecule has 0 saturated heterocycles. The quantitative estimate of drug-likeness (QED) is 0.809. The normalized spacial score (nSPS) is 11.2. The van der Waals surface area contributed by atoms with Crippen LogP contribution in [0.3, 0.4) is 0 Å². The minimum atomic E-state index is -3.77. The summed E-state index contributed by atoms with van der Waals surface area (Å²) in [4.78, 5) is 6.99. The number of nitrogens with one attached hydrogen (secondary N) is 1. The smallest absolute Gasteiger partial charge is 0.263 e. The second-order valence-corrected chi connectivity index (χ2v) is 5.08. The minimum absolute atomic E-state index is 0.0407. The SMILES string of the molecule is Nc1ccc(S(=O)(=O)Nc2ccc(F)nc2)cn1. The fraction of sp³-hybridized carbons (Fsp3) is 0. The number of rotatable bonds is 3. The van der Waals surface area contributed by atoms with Gasteiger partial charge in [0.05, 0.1) is 11.9 Å². The van der Waals surface area contributed by atoms with Crippen molar-refractivity contribution in [2.75, 3.05) is 10.5 Å². The molecule has 0 atom stereocenters. The predicted molar refractivity (Wildman–Crippen MR) is 63.7 cm³/mol. The van der Waals surface area contributed by atoms with Gasteiger partial charge in [0.1, 0.15) is 10.7 Å². The molecule has 0 aliphatic carbocycles. The van der Waals surface area contributed by atoms with Crippen molar-refractivity contribution in [3.8, 4) is 0 Å². The average molecular weight is 268 g/mol. The number of nitrogens with two attached hydrogens (primary N) is 1. The summed E-state index contributed by atoms with van der Waals surface area (Å²) in [6.07, 6.45) is 2.21. The van der Waals surface area contributed by atoms with E-state index in [1.807, 2.05) is 0 Å². The Kier molecular flexibility index (Phi) is 3.11. The van der Waals surface area contributed by atoms with Crippen molar-refractivity contribution in [2.45, 2.75) is 4.90 Å². The summed E-state index contributed by atoms with van der Waals surface area (Å²) in [7, 11) is -3.77. The Balaban J connectivity index is 2.27. The molecule has 0 aromatic carbocycles.